The van der Waals surface area contributed by atoms with Crippen LogP contribution in [0.5, 0.6) is 0 Å². The van der Waals surface area contributed by atoms with E-state index in [1.165, 1.54) is 18.2 Å². The van der Waals surface area contributed by atoms with Crippen molar-refractivity contribution in [1.82, 2.24) is 0 Å². The van der Waals surface area contributed by atoms with Crippen LogP contribution >= 0.6 is 26.1 Å². The van der Waals surface area contributed by atoms with Crippen molar-refractivity contribution in [2.24, 2.45) is 5.41 Å². The molecule has 0 bridgehead atoms. The third-order valence-electron chi connectivity index (χ3n) is 3.50. The second kappa shape index (κ2) is 5.77. The van der Waals surface area contributed by atoms with Gasteiger partial charge in [0.25, 0.3) is 0 Å². The standard InChI is InChI=1S/C13H15ClO8P2/c1-13(2)6-19-23(14,20-7-13)9-5-3-4-8-10(9)12(16)22-24(17,18)21-11(8)15/h3-5,23H,6-7H2,1-2H3,(H,17,18). The summed E-state index contributed by atoms with van der Waals surface area (Å²) in [6.07, 6.45) is 0. The Bertz CT molecular complexity index is 767. The van der Waals surface area contributed by atoms with Gasteiger partial charge >= 0.3 is 142 Å². The predicted molar refractivity (Wildman–Crippen MR) is 86.6 cm³/mol. The molecule has 1 atom stereocenters. The Hall–Kier alpha value is -1.01. The summed E-state index contributed by atoms with van der Waals surface area (Å²) < 4.78 is 31.7. The molecule has 0 saturated carbocycles. The number of phosphoric ester groups is 1. The number of halogens is 1. The van der Waals surface area contributed by atoms with Gasteiger partial charge in [0.2, 0.25) is 0 Å². The number of hydrogen-bond donors (Lipinski definition) is 1. The average Bonchev–Trinajstić information content (AvgIpc) is 2.57. The van der Waals surface area contributed by atoms with Gasteiger partial charge in [-0.05, 0) is 0 Å². The molecule has 1 aromatic carbocycles. The summed E-state index contributed by atoms with van der Waals surface area (Å²) in [5.74, 6) is -2.35. The number of carbonyl (C=O) groups is 2. The van der Waals surface area contributed by atoms with Crippen molar-refractivity contribution in [3.63, 3.8) is 0 Å². The Balaban J connectivity index is 2.10. The zero-order chi connectivity index (χ0) is 17.8. The summed E-state index contributed by atoms with van der Waals surface area (Å²) in [7, 11) is -8.36. The third kappa shape index (κ3) is 3.23. The average molecular weight is 397 g/mol. The van der Waals surface area contributed by atoms with Gasteiger partial charge in [-0.2, -0.15) is 0 Å². The van der Waals surface area contributed by atoms with Gasteiger partial charge in [0.15, 0.2) is 0 Å². The van der Waals surface area contributed by atoms with E-state index in [2.05, 4.69) is 9.05 Å². The molecule has 1 saturated heterocycles. The van der Waals surface area contributed by atoms with Gasteiger partial charge in [-0.3, -0.25) is 0 Å². The SMILES string of the molecule is CC1(C)CO[PH](Cl)(c2cccc3c2C(=O)OP(=O)(O)OC3=O)OC1. The maximum absolute atomic E-state index is 12.3. The second-order valence-corrected chi connectivity index (χ2v) is 11.2. The number of hydrogen-bond acceptors (Lipinski definition) is 7. The van der Waals surface area contributed by atoms with Crippen LogP contribution in [0.25, 0.3) is 0 Å². The van der Waals surface area contributed by atoms with Gasteiger partial charge in [0.05, 0.1) is 0 Å². The van der Waals surface area contributed by atoms with Gasteiger partial charge in [-0.1, -0.05) is 0 Å². The summed E-state index contributed by atoms with van der Waals surface area (Å²) in [6.45, 7) is 4.45. The molecule has 24 heavy (non-hydrogen) atoms. The van der Waals surface area contributed by atoms with E-state index >= 15 is 0 Å². The van der Waals surface area contributed by atoms with E-state index in [4.69, 9.17) is 20.3 Å². The first kappa shape index (κ1) is 17.8. The van der Waals surface area contributed by atoms with Crippen molar-refractivity contribution in [2.45, 2.75) is 13.8 Å². The Morgan fingerprint density at radius 2 is 1.75 bits per heavy atom. The van der Waals surface area contributed by atoms with Crippen LogP contribution in [0.15, 0.2) is 18.2 Å². The molecule has 2 aliphatic rings. The molecule has 0 spiro atoms. The van der Waals surface area contributed by atoms with Crippen LogP contribution in [0, 0.1) is 5.41 Å². The molecule has 0 radical (unpaired) electrons. The molecular formula is C13H15ClO8P2. The van der Waals surface area contributed by atoms with Crippen LogP contribution in [0.4, 0.5) is 0 Å². The van der Waals surface area contributed by atoms with E-state index in [9.17, 15) is 19.0 Å². The van der Waals surface area contributed by atoms with Crippen molar-refractivity contribution >= 4 is 43.4 Å². The molecule has 8 nitrogen and oxygen atoms in total. The monoisotopic (exact) mass is 396 g/mol. The Labute approximate surface area is 142 Å². The van der Waals surface area contributed by atoms with Crippen molar-refractivity contribution in [1.29, 1.82) is 0 Å². The van der Waals surface area contributed by atoms with E-state index in [-0.39, 0.29) is 21.8 Å². The van der Waals surface area contributed by atoms with Crippen molar-refractivity contribution in [3.05, 3.63) is 29.3 Å². The molecule has 1 fully saturated rings. The molecular weight excluding hydrogens is 382 g/mol. The van der Waals surface area contributed by atoms with Gasteiger partial charge in [-0.25, -0.2) is 0 Å². The van der Waals surface area contributed by atoms with Crippen molar-refractivity contribution in [3.8, 4) is 0 Å². The van der Waals surface area contributed by atoms with Crippen LogP contribution in [0.1, 0.15) is 34.6 Å². The van der Waals surface area contributed by atoms with Crippen LogP contribution in [0.2, 0.25) is 0 Å². The molecule has 0 aromatic heterocycles. The quantitative estimate of drug-likeness (QED) is 0.721. The van der Waals surface area contributed by atoms with Crippen LogP contribution in [-0.4, -0.2) is 30.0 Å². The topological polar surface area (TPSA) is 108 Å². The molecule has 0 amide bonds. The number of benzene rings is 1. The molecule has 11 heteroatoms. The minimum absolute atomic E-state index is 0.140. The van der Waals surface area contributed by atoms with Crippen molar-refractivity contribution < 1.29 is 37.1 Å². The summed E-state index contributed by atoms with van der Waals surface area (Å²) in [6, 6.07) is 4.20. The van der Waals surface area contributed by atoms with Crippen LogP contribution < -0.4 is 5.30 Å². The zero-order valence-corrected chi connectivity index (χ0v) is 15.4. The van der Waals surface area contributed by atoms with Crippen molar-refractivity contribution in [2.75, 3.05) is 13.2 Å². The van der Waals surface area contributed by atoms with E-state index in [0.29, 0.717) is 13.2 Å². The Morgan fingerprint density at radius 3 is 2.38 bits per heavy atom. The third-order valence-corrected chi connectivity index (χ3v) is 7.65. The van der Waals surface area contributed by atoms with Gasteiger partial charge in [-0.15, -0.1) is 0 Å². The molecule has 3 rings (SSSR count). The van der Waals surface area contributed by atoms with Gasteiger partial charge in [0, 0.05) is 0 Å². The minimum atomic E-state index is -4.84. The summed E-state index contributed by atoms with van der Waals surface area (Å²) in [5.41, 5.74) is -0.748. The van der Waals surface area contributed by atoms with Crippen LogP contribution in [-0.2, 0) is 22.7 Å². The normalized spacial score (nSPS) is 29.7. The first-order valence-electron chi connectivity index (χ1n) is 6.94. The Morgan fingerprint density at radius 1 is 1.17 bits per heavy atom. The van der Waals surface area contributed by atoms with E-state index in [0.717, 1.165) is 0 Å². The second-order valence-electron chi connectivity index (χ2n) is 6.23. The van der Waals surface area contributed by atoms with E-state index < -0.39 is 26.8 Å². The summed E-state index contributed by atoms with van der Waals surface area (Å²) >= 11 is 6.51. The zero-order valence-electron chi connectivity index (χ0n) is 12.8. The number of fused-ring (bicyclic) bond motifs is 1. The van der Waals surface area contributed by atoms with Gasteiger partial charge < -0.3 is 0 Å². The fourth-order valence-electron chi connectivity index (χ4n) is 2.33. The molecule has 2 heterocycles. The molecule has 132 valence electrons. The molecule has 0 aliphatic carbocycles. The number of carbonyl (C=O) groups excluding carboxylic acids is 2. The molecule has 1 aromatic rings. The van der Waals surface area contributed by atoms with Gasteiger partial charge in [0.1, 0.15) is 0 Å². The summed E-state index contributed by atoms with van der Waals surface area (Å²) in [5, 5.41) is 0.140. The number of phosphoric acid groups is 1. The first-order chi connectivity index (χ1) is 11.0. The van der Waals surface area contributed by atoms with E-state index in [1.807, 2.05) is 13.8 Å². The molecule has 1 unspecified atom stereocenters. The number of rotatable bonds is 1. The fraction of sp³-hybridized carbons (Fsp3) is 0.385. The Kier molecular flexibility index (Phi) is 4.28. The molecule has 2 aliphatic heterocycles. The van der Waals surface area contributed by atoms with E-state index in [1.54, 1.807) is 0 Å². The predicted octanol–water partition coefficient (Wildman–Crippen LogP) is 2.55. The van der Waals surface area contributed by atoms with Crippen LogP contribution in [0.3, 0.4) is 0 Å². The summed E-state index contributed by atoms with van der Waals surface area (Å²) in [4.78, 5) is 33.7. The maximum atomic E-state index is 12.3. The first-order valence-corrected chi connectivity index (χ1v) is 11.3. The molecule has 1 N–H and O–H groups in total. The fourth-order valence-corrected chi connectivity index (χ4v) is 6.15.